The van der Waals surface area contributed by atoms with Crippen molar-refractivity contribution in [1.29, 1.82) is 5.26 Å². The maximum absolute atomic E-state index is 13.5. The quantitative estimate of drug-likeness (QED) is 0.578. The van der Waals surface area contributed by atoms with E-state index in [4.69, 9.17) is 16.9 Å². The second kappa shape index (κ2) is 9.07. The molecule has 0 bridgehead atoms. The number of nitrogens with one attached hydrogen (secondary N) is 2. The summed E-state index contributed by atoms with van der Waals surface area (Å²) in [6, 6.07) is 5.67. The number of hydrogen-bond acceptors (Lipinski definition) is 4. The summed E-state index contributed by atoms with van der Waals surface area (Å²) in [4.78, 5) is 26.5. The largest absolute Gasteiger partial charge is 0.370 e. The lowest BCUT2D eigenvalue weighted by molar-refractivity contribution is -0.136. The Hall–Kier alpha value is -2.59. The van der Waals surface area contributed by atoms with Gasteiger partial charge >= 0.3 is 11.8 Å². The van der Waals surface area contributed by atoms with Gasteiger partial charge in [0.05, 0.1) is 11.1 Å². The summed E-state index contributed by atoms with van der Waals surface area (Å²) in [7, 11) is 0. The Labute approximate surface area is 169 Å². The Kier molecular flexibility index (Phi) is 7.03. The van der Waals surface area contributed by atoms with Crippen LogP contribution in [0.5, 0.6) is 0 Å². The van der Waals surface area contributed by atoms with E-state index in [0.717, 1.165) is 24.7 Å². The van der Waals surface area contributed by atoms with E-state index in [-0.39, 0.29) is 22.3 Å². The molecule has 1 aliphatic rings. The maximum Gasteiger partial charge on any atom is 0.313 e. The van der Waals surface area contributed by atoms with E-state index in [2.05, 4.69) is 28.2 Å². The van der Waals surface area contributed by atoms with Gasteiger partial charge in [-0.1, -0.05) is 18.2 Å². The van der Waals surface area contributed by atoms with Crippen molar-refractivity contribution in [2.24, 2.45) is 0 Å². The predicted molar refractivity (Wildman–Crippen MR) is 106 cm³/mol. The van der Waals surface area contributed by atoms with Gasteiger partial charge in [-0.3, -0.25) is 9.59 Å². The molecule has 1 unspecified atom stereocenters. The minimum atomic E-state index is -0.874. The molecule has 1 atom stereocenters. The zero-order valence-corrected chi connectivity index (χ0v) is 16.8. The molecule has 0 radical (unpaired) electrons. The minimum Gasteiger partial charge on any atom is -0.370 e. The number of benzene rings is 1. The first kappa shape index (κ1) is 21.7. The molecular formula is C20H24ClFN4O2. The van der Waals surface area contributed by atoms with Crippen molar-refractivity contribution in [1.82, 2.24) is 10.2 Å². The van der Waals surface area contributed by atoms with Crippen molar-refractivity contribution < 1.29 is 14.0 Å². The molecule has 28 heavy (non-hydrogen) atoms. The predicted octanol–water partition coefficient (Wildman–Crippen LogP) is 3.59. The summed E-state index contributed by atoms with van der Waals surface area (Å²) in [6.07, 6.45) is 2.37. The molecule has 1 saturated heterocycles. The van der Waals surface area contributed by atoms with Gasteiger partial charge in [-0.25, -0.2) is 4.39 Å². The molecule has 1 aromatic carbocycles. The number of amides is 2. The van der Waals surface area contributed by atoms with E-state index in [0.29, 0.717) is 19.3 Å². The number of piperidine rings is 1. The van der Waals surface area contributed by atoms with Crippen LogP contribution in [0, 0.1) is 17.1 Å². The average Bonchev–Trinajstić information content (AvgIpc) is 2.60. The molecule has 0 saturated carbocycles. The van der Waals surface area contributed by atoms with E-state index < -0.39 is 17.6 Å². The summed E-state index contributed by atoms with van der Waals surface area (Å²) in [5, 5.41) is 13.7. The number of carbonyl (C=O) groups excluding carboxylic acids is 2. The molecule has 2 N–H and O–H groups in total. The molecule has 6 nitrogen and oxygen atoms in total. The highest BCUT2D eigenvalue weighted by molar-refractivity contribution is 6.39. The zero-order valence-electron chi connectivity index (χ0n) is 16.0. The molecule has 0 aliphatic carbocycles. The Morgan fingerprint density at radius 3 is 2.75 bits per heavy atom. The Bertz CT molecular complexity index is 819. The number of halogens is 2. The Balaban J connectivity index is 1.95. The maximum atomic E-state index is 13.5. The number of likely N-dealkylation sites (tertiary alicyclic amines) is 1. The van der Waals surface area contributed by atoms with E-state index in [1.807, 2.05) is 13.8 Å². The van der Waals surface area contributed by atoms with Gasteiger partial charge in [0.1, 0.15) is 5.82 Å². The molecule has 2 amide bonds. The molecule has 2 rings (SSSR count). The van der Waals surface area contributed by atoms with Gasteiger partial charge in [0.15, 0.2) is 0 Å². The van der Waals surface area contributed by atoms with Crippen LogP contribution in [0.25, 0.3) is 0 Å². The number of hydrogen-bond donors (Lipinski definition) is 2. The average molecular weight is 407 g/mol. The van der Waals surface area contributed by atoms with Gasteiger partial charge in [-0.2, -0.15) is 5.26 Å². The summed E-state index contributed by atoms with van der Waals surface area (Å²) < 4.78 is 13.5. The van der Waals surface area contributed by atoms with E-state index in [1.54, 1.807) is 0 Å². The lowest BCUT2D eigenvalue weighted by Gasteiger charge is -2.48. The van der Waals surface area contributed by atoms with Gasteiger partial charge in [-0.05, 0) is 44.9 Å². The van der Waals surface area contributed by atoms with E-state index >= 15 is 0 Å². The highest BCUT2D eigenvalue weighted by atomic mass is 35.5. The SMILES string of the molecule is C=C1CC(NC(=O)C(=O)Nc2ccc(Cl)c(F)c2)CC(C)(C)N1CCCC#N. The lowest BCUT2D eigenvalue weighted by atomic mass is 9.85. The van der Waals surface area contributed by atoms with Crippen LogP contribution in [0.15, 0.2) is 30.5 Å². The first-order valence-electron chi connectivity index (χ1n) is 9.03. The van der Waals surface area contributed by atoms with Crippen molar-refractivity contribution in [3.05, 3.63) is 41.3 Å². The van der Waals surface area contributed by atoms with Crippen molar-refractivity contribution in [3.8, 4) is 6.07 Å². The van der Waals surface area contributed by atoms with Crippen LogP contribution >= 0.6 is 11.6 Å². The molecule has 150 valence electrons. The van der Waals surface area contributed by atoms with E-state index in [1.165, 1.54) is 12.1 Å². The first-order valence-corrected chi connectivity index (χ1v) is 9.41. The molecule has 0 spiro atoms. The van der Waals surface area contributed by atoms with Crippen LogP contribution in [0.2, 0.25) is 5.02 Å². The summed E-state index contributed by atoms with van der Waals surface area (Å²) >= 11 is 5.61. The minimum absolute atomic E-state index is 0.0651. The fraction of sp³-hybridized carbons (Fsp3) is 0.450. The molecule has 0 aromatic heterocycles. The smallest absolute Gasteiger partial charge is 0.313 e. The van der Waals surface area contributed by atoms with Gasteiger partial charge < -0.3 is 15.5 Å². The van der Waals surface area contributed by atoms with Crippen molar-refractivity contribution in [3.63, 3.8) is 0 Å². The topological polar surface area (TPSA) is 85.2 Å². The fourth-order valence-electron chi connectivity index (χ4n) is 3.50. The summed E-state index contributed by atoms with van der Waals surface area (Å²) in [5.74, 6) is -2.34. The lowest BCUT2D eigenvalue weighted by Crippen LogP contribution is -2.55. The molecule has 1 heterocycles. The third kappa shape index (κ3) is 5.46. The Morgan fingerprint density at radius 2 is 2.14 bits per heavy atom. The third-order valence-corrected chi connectivity index (χ3v) is 5.04. The van der Waals surface area contributed by atoms with Crippen molar-refractivity contribution in [2.75, 3.05) is 11.9 Å². The monoisotopic (exact) mass is 406 g/mol. The van der Waals surface area contributed by atoms with Crippen LogP contribution in [-0.2, 0) is 9.59 Å². The molecular weight excluding hydrogens is 383 g/mol. The van der Waals surface area contributed by atoms with Crippen LogP contribution in [-0.4, -0.2) is 34.8 Å². The highest BCUT2D eigenvalue weighted by Gasteiger charge is 2.37. The van der Waals surface area contributed by atoms with Crippen molar-refractivity contribution >= 4 is 29.1 Å². The number of nitriles is 1. The van der Waals surface area contributed by atoms with Crippen LogP contribution in [0.4, 0.5) is 10.1 Å². The van der Waals surface area contributed by atoms with Crippen LogP contribution in [0.3, 0.4) is 0 Å². The van der Waals surface area contributed by atoms with Gasteiger partial charge in [0, 0.05) is 42.4 Å². The second-order valence-corrected chi connectivity index (χ2v) is 7.86. The standard InChI is InChI=1S/C20H24ClFN4O2/c1-13-10-15(12-20(2,3)26(13)9-5-4-8-23)25-19(28)18(27)24-14-6-7-16(21)17(22)11-14/h6-7,11,15H,1,4-5,9-10,12H2,2-3H3,(H,24,27)(H,25,28). The zero-order chi connectivity index (χ0) is 20.9. The number of nitrogens with zero attached hydrogens (tertiary/aromatic N) is 2. The van der Waals surface area contributed by atoms with Gasteiger partial charge in [0.2, 0.25) is 0 Å². The normalized spacial score (nSPS) is 18.3. The summed E-state index contributed by atoms with van der Waals surface area (Å²) in [5.41, 5.74) is 0.747. The Morgan fingerprint density at radius 1 is 1.43 bits per heavy atom. The third-order valence-electron chi connectivity index (χ3n) is 4.73. The molecule has 1 aromatic rings. The fourth-order valence-corrected chi connectivity index (χ4v) is 3.62. The summed E-state index contributed by atoms with van der Waals surface area (Å²) in [6.45, 7) is 8.90. The molecule has 8 heteroatoms. The van der Waals surface area contributed by atoms with E-state index in [9.17, 15) is 14.0 Å². The number of carbonyl (C=O) groups is 2. The highest BCUT2D eigenvalue weighted by Crippen LogP contribution is 2.33. The van der Waals surface area contributed by atoms with Crippen molar-refractivity contribution in [2.45, 2.75) is 51.1 Å². The first-order chi connectivity index (χ1) is 13.1. The number of rotatable bonds is 5. The second-order valence-electron chi connectivity index (χ2n) is 7.45. The van der Waals surface area contributed by atoms with Gasteiger partial charge in [0.25, 0.3) is 0 Å². The van der Waals surface area contributed by atoms with Crippen LogP contribution in [0.1, 0.15) is 39.5 Å². The molecule has 1 fully saturated rings. The number of anilines is 1. The molecule has 1 aliphatic heterocycles. The number of unbranched alkanes of at least 4 members (excludes halogenated alkanes) is 1. The van der Waals surface area contributed by atoms with Crippen LogP contribution < -0.4 is 10.6 Å². The van der Waals surface area contributed by atoms with Gasteiger partial charge in [-0.15, -0.1) is 0 Å².